The zero-order chi connectivity index (χ0) is 15.3. The Morgan fingerprint density at radius 1 is 1.00 bits per heavy atom. The fourth-order valence-electron chi connectivity index (χ4n) is 1.68. The van der Waals surface area contributed by atoms with Gasteiger partial charge >= 0.3 is 0 Å². The van der Waals surface area contributed by atoms with E-state index in [0.29, 0.717) is 30.4 Å². The number of benzene rings is 1. The maximum atomic E-state index is 10.4. The van der Waals surface area contributed by atoms with Gasteiger partial charge in [-0.3, -0.25) is 0 Å². The molecule has 1 rings (SSSR count). The number of aliphatic imine (C=N–C) groups is 1. The van der Waals surface area contributed by atoms with E-state index < -0.39 is 0 Å². The topological polar surface area (TPSA) is 47.9 Å². The highest BCUT2D eigenvalue weighted by Gasteiger charge is 2.03. The number of hydrogen-bond acceptors (Lipinski definition) is 4. The van der Waals surface area contributed by atoms with Crippen LogP contribution in [0.15, 0.2) is 48.5 Å². The summed E-state index contributed by atoms with van der Waals surface area (Å²) < 4.78 is 11.3. The quantitative estimate of drug-likeness (QED) is 0.263. The number of rotatable bonds is 11. The second-order valence-corrected chi connectivity index (χ2v) is 4.42. The van der Waals surface area contributed by atoms with Gasteiger partial charge in [-0.05, 0) is 25.7 Å². The standard InChI is InChI=1S/C17H21NO3/c1-3-5-7-9-20-16-11-15(18-14-19)12-17(13-16)21-10-8-6-4-2/h3-4,11-13H,1-2,5-10H2. The van der Waals surface area contributed by atoms with E-state index in [-0.39, 0.29) is 0 Å². The fourth-order valence-corrected chi connectivity index (χ4v) is 1.68. The van der Waals surface area contributed by atoms with Crippen LogP contribution in [0.25, 0.3) is 0 Å². The molecule has 4 heteroatoms. The average molecular weight is 287 g/mol. The molecule has 0 fully saturated rings. The van der Waals surface area contributed by atoms with Crippen LogP contribution < -0.4 is 9.47 Å². The first-order valence-corrected chi connectivity index (χ1v) is 7.00. The van der Waals surface area contributed by atoms with Gasteiger partial charge in [0.15, 0.2) is 0 Å². The van der Waals surface area contributed by atoms with Gasteiger partial charge in [0.2, 0.25) is 6.08 Å². The molecule has 0 aliphatic rings. The van der Waals surface area contributed by atoms with Crippen LogP contribution in [-0.4, -0.2) is 19.3 Å². The van der Waals surface area contributed by atoms with Crippen LogP contribution >= 0.6 is 0 Å². The van der Waals surface area contributed by atoms with Crippen LogP contribution in [0.4, 0.5) is 5.69 Å². The summed E-state index contributed by atoms with van der Waals surface area (Å²) >= 11 is 0. The van der Waals surface area contributed by atoms with Gasteiger partial charge in [0, 0.05) is 18.2 Å². The summed E-state index contributed by atoms with van der Waals surface area (Å²) in [5, 5.41) is 0. The summed E-state index contributed by atoms with van der Waals surface area (Å²) in [6, 6.07) is 5.18. The molecule has 4 nitrogen and oxygen atoms in total. The monoisotopic (exact) mass is 287 g/mol. The Balaban J connectivity index is 2.67. The largest absolute Gasteiger partial charge is 0.493 e. The lowest BCUT2D eigenvalue weighted by Gasteiger charge is -2.10. The second-order valence-electron chi connectivity index (χ2n) is 4.42. The number of isocyanates is 1. The van der Waals surface area contributed by atoms with E-state index in [9.17, 15) is 4.79 Å². The first kappa shape index (κ1) is 16.7. The maximum absolute atomic E-state index is 10.4. The molecular weight excluding hydrogens is 266 g/mol. The van der Waals surface area contributed by atoms with Crippen LogP contribution in [0.1, 0.15) is 25.7 Å². The van der Waals surface area contributed by atoms with Gasteiger partial charge in [0.25, 0.3) is 0 Å². The highest BCUT2D eigenvalue weighted by molar-refractivity contribution is 5.55. The SMILES string of the molecule is C=CCCCOc1cc(N=C=O)cc(OCCCC=C)c1. The fraction of sp³-hybridized carbons (Fsp3) is 0.353. The van der Waals surface area contributed by atoms with Crippen molar-refractivity contribution < 1.29 is 14.3 Å². The molecule has 0 saturated heterocycles. The molecule has 0 atom stereocenters. The third-order valence-electron chi connectivity index (χ3n) is 2.68. The van der Waals surface area contributed by atoms with Gasteiger partial charge in [-0.15, -0.1) is 13.2 Å². The Morgan fingerprint density at radius 3 is 1.95 bits per heavy atom. The number of unbranched alkanes of at least 4 members (excludes halogenated alkanes) is 2. The molecule has 0 aromatic heterocycles. The van der Waals surface area contributed by atoms with E-state index in [4.69, 9.17) is 9.47 Å². The first-order chi connectivity index (χ1) is 10.3. The molecule has 0 N–H and O–H groups in total. The third-order valence-corrected chi connectivity index (χ3v) is 2.68. The second kappa shape index (κ2) is 10.5. The van der Waals surface area contributed by atoms with Crippen molar-refractivity contribution in [1.29, 1.82) is 0 Å². The molecule has 0 aliphatic carbocycles. The molecule has 112 valence electrons. The van der Waals surface area contributed by atoms with Crippen LogP contribution in [0.2, 0.25) is 0 Å². The number of ether oxygens (including phenoxy) is 2. The summed E-state index contributed by atoms with van der Waals surface area (Å²) in [4.78, 5) is 14.0. The molecule has 1 aromatic rings. The van der Waals surface area contributed by atoms with Gasteiger partial charge in [-0.1, -0.05) is 12.2 Å². The zero-order valence-electron chi connectivity index (χ0n) is 12.2. The summed E-state index contributed by atoms with van der Waals surface area (Å²) in [6.45, 7) is 8.49. The minimum absolute atomic E-state index is 0.477. The van der Waals surface area contributed by atoms with Crippen molar-refractivity contribution >= 4 is 11.8 Å². The van der Waals surface area contributed by atoms with Crippen molar-refractivity contribution in [2.24, 2.45) is 4.99 Å². The molecule has 0 radical (unpaired) electrons. The molecule has 21 heavy (non-hydrogen) atoms. The van der Waals surface area contributed by atoms with Crippen molar-refractivity contribution in [3.05, 3.63) is 43.5 Å². The summed E-state index contributed by atoms with van der Waals surface area (Å²) in [5.74, 6) is 1.27. The van der Waals surface area contributed by atoms with Crippen molar-refractivity contribution in [3.63, 3.8) is 0 Å². The van der Waals surface area contributed by atoms with Crippen molar-refractivity contribution in [1.82, 2.24) is 0 Å². The van der Waals surface area contributed by atoms with Gasteiger partial charge < -0.3 is 9.47 Å². The van der Waals surface area contributed by atoms with Crippen LogP contribution in [0.5, 0.6) is 11.5 Å². The molecule has 0 bridgehead atoms. The minimum Gasteiger partial charge on any atom is -0.493 e. The molecule has 0 heterocycles. The molecular formula is C17H21NO3. The molecule has 0 amide bonds. The Bertz CT molecular complexity index is 471. The highest BCUT2D eigenvalue weighted by Crippen LogP contribution is 2.28. The van der Waals surface area contributed by atoms with Gasteiger partial charge in [0.1, 0.15) is 11.5 Å². The predicted molar refractivity (Wildman–Crippen MR) is 84.1 cm³/mol. The summed E-state index contributed by atoms with van der Waals surface area (Å²) in [5.41, 5.74) is 0.477. The zero-order valence-corrected chi connectivity index (χ0v) is 12.2. The van der Waals surface area contributed by atoms with Crippen LogP contribution in [0, 0.1) is 0 Å². The van der Waals surface area contributed by atoms with Gasteiger partial charge in [0.05, 0.1) is 18.9 Å². The Hall–Kier alpha value is -2.32. The number of carbonyl (C=O) groups excluding carboxylic acids is 1. The molecule has 0 aliphatic heterocycles. The molecule has 0 unspecified atom stereocenters. The average Bonchev–Trinajstić information content (AvgIpc) is 2.48. The van der Waals surface area contributed by atoms with Crippen molar-refractivity contribution in [2.45, 2.75) is 25.7 Å². The Labute approximate surface area is 125 Å². The lowest BCUT2D eigenvalue weighted by molar-refractivity contribution is 0.297. The maximum Gasteiger partial charge on any atom is 0.240 e. The van der Waals surface area contributed by atoms with E-state index in [1.54, 1.807) is 18.2 Å². The summed E-state index contributed by atoms with van der Waals surface area (Å²) in [7, 11) is 0. The molecule has 0 saturated carbocycles. The Kier molecular flexibility index (Phi) is 8.34. The van der Waals surface area contributed by atoms with E-state index in [2.05, 4.69) is 18.2 Å². The first-order valence-electron chi connectivity index (χ1n) is 7.00. The van der Waals surface area contributed by atoms with Crippen LogP contribution in [0.3, 0.4) is 0 Å². The lowest BCUT2D eigenvalue weighted by atomic mass is 10.2. The third kappa shape index (κ3) is 7.14. The van der Waals surface area contributed by atoms with Gasteiger partial charge in [-0.2, -0.15) is 4.99 Å². The molecule has 0 spiro atoms. The van der Waals surface area contributed by atoms with E-state index in [1.807, 2.05) is 12.2 Å². The highest BCUT2D eigenvalue weighted by atomic mass is 16.5. The lowest BCUT2D eigenvalue weighted by Crippen LogP contribution is -1.99. The number of hydrogen-bond donors (Lipinski definition) is 0. The van der Waals surface area contributed by atoms with E-state index in [1.165, 1.54) is 6.08 Å². The van der Waals surface area contributed by atoms with Crippen molar-refractivity contribution in [2.75, 3.05) is 13.2 Å². The van der Waals surface area contributed by atoms with Crippen molar-refractivity contribution in [3.8, 4) is 11.5 Å². The molecule has 1 aromatic carbocycles. The van der Waals surface area contributed by atoms with E-state index in [0.717, 1.165) is 25.7 Å². The number of allylic oxidation sites excluding steroid dienone is 2. The smallest absolute Gasteiger partial charge is 0.240 e. The Morgan fingerprint density at radius 2 is 1.52 bits per heavy atom. The predicted octanol–water partition coefficient (Wildman–Crippen LogP) is 4.34. The van der Waals surface area contributed by atoms with Gasteiger partial charge in [-0.25, -0.2) is 4.79 Å². The normalized spacial score (nSPS) is 9.52. The number of nitrogens with zero attached hydrogens (tertiary/aromatic N) is 1. The van der Waals surface area contributed by atoms with Crippen LogP contribution in [-0.2, 0) is 4.79 Å². The minimum atomic E-state index is 0.477. The van der Waals surface area contributed by atoms with E-state index >= 15 is 0 Å². The summed E-state index contributed by atoms with van der Waals surface area (Å²) in [6.07, 6.45) is 8.81.